The van der Waals surface area contributed by atoms with E-state index in [0.717, 1.165) is 46.4 Å². The second-order valence-electron chi connectivity index (χ2n) is 8.73. The zero-order valence-electron chi connectivity index (χ0n) is 19.0. The normalized spacial score (nSPS) is 16.9. The van der Waals surface area contributed by atoms with Crippen LogP contribution in [0.1, 0.15) is 53.2 Å². The molecular weight excluding hydrogens is 466 g/mol. The minimum Gasteiger partial charge on any atom is -0.481 e. The first-order valence-corrected chi connectivity index (χ1v) is 12.5. The van der Waals surface area contributed by atoms with Crippen molar-refractivity contribution in [2.45, 2.75) is 37.6 Å². The van der Waals surface area contributed by atoms with Gasteiger partial charge in [0.15, 0.2) is 5.13 Å². The number of likely N-dealkylation sites (tertiary alicyclic amines) is 1. The Kier molecular flexibility index (Phi) is 6.50. The number of carboxylic acids is 1. The van der Waals surface area contributed by atoms with Crippen LogP contribution in [-0.4, -0.2) is 52.2 Å². The summed E-state index contributed by atoms with van der Waals surface area (Å²) < 4.78 is 5.55. The van der Waals surface area contributed by atoms with Gasteiger partial charge in [-0.25, -0.2) is 9.78 Å². The lowest BCUT2D eigenvalue weighted by molar-refractivity contribution is -0.138. The minimum absolute atomic E-state index is 0.0492. The number of fused-ring (bicyclic) bond motifs is 3. The fourth-order valence-corrected chi connectivity index (χ4v) is 5.65. The van der Waals surface area contributed by atoms with Crippen molar-refractivity contribution >= 4 is 34.4 Å². The third-order valence-electron chi connectivity index (χ3n) is 6.57. The van der Waals surface area contributed by atoms with E-state index in [1.807, 2.05) is 24.3 Å². The van der Waals surface area contributed by atoms with E-state index in [4.69, 9.17) is 9.84 Å². The van der Waals surface area contributed by atoms with Gasteiger partial charge in [0.1, 0.15) is 12.3 Å². The third kappa shape index (κ3) is 4.77. The van der Waals surface area contributed by atoms with Crippen molar-refractivity contribution in [2.24, 2.45) is 0 Å². The highest BCUT2D eigenvalue weighted by molar-refractivity contribution is 7.14. The van der Waals surface area contributed by atoms with E-state index in [1.165, 1.54) is 0 Å². The van der Waals surface area contributed by atoms with Crippen LogP contribution in [0.25, 0.3) is 11.1 Å². The highest BCUT2D eigenvalue weighted by Gasteiger charge is 2.31. The number of hydrogen-bond donors (Lipinski definition) is 2. The van der Waals surface area contributed by atoms with Crippen LogP contribution >= 0.6 is 11.3 Å². The largest absolute Gasteiger partial charge is 0.481 e. The first-order valence-electron chi connectivity index (χ1n) is 11.6. The second kappa shape index (κ2) is 9.87. The molecule has 8 nitrogen and oxygen atoms in total. The number of carbonyl (C=O) groups excluding carboxylic acids is 2. The van der Waals surface area contributed by atoms with E-state index in [-0.39, 0.29) is 41.7 Å². The zero-order chi connectivity index (χ0) is 24.4. The lowest BCUT2D eigenvalue weighted by atomic mass is 9.98. The first kappa shape index (κ1) is 23.0. The fraction of sp³-hybridized carbons (Fsp3) is 0.308. The molecule has 1 aromatic heterocycles. The molecule has 35 heavy (non-hydrogen) atoms. The van der Waals surface area contributed by atoms with Gasteiger partial charge in [0.25, 0.3) is 5.91 Å². The van der Waals surface area contributed by atoms with Crippen LogP contribution in [0, 0.1) is 0 Å². The molecule has 2 heterocycles. The van der Waals surface area contributed by atoms with Crippen molar-refractivity contribution in [1.82, 2.24) is 9.88 Å². The van der Waals surface area contributed by atoms with Gasteiger partial charge in [0.2, 0.25) is 0 Å². The summed E-state index contributed by atoms with van der Waals surface area (Å²) in [6, 6.07) is 15.9. The van der Waals surface area contributed by atoms with Gasteiger partial charge in [-0.05, 0) is 41.5 Å². The molecule has 0 spiro atoms. The average molecular weight is 492 g/mol. The molecule has 5 rings (SSSR count). The van der Waals surface area contributed by atoms with Gasteiger partial charge < -0.3 is 14.7 Å². The SMILES string of the molecule is O=C(O)C[C@H]1CCCCN1C(=O)c1csc(NC(=O)OCC2c3ccccc3-c3ccccc32)n1. The Bertz CT molecular complexity index is 1230. The van der Waals surface area contributed by atoms with E-state index < -0.39 is 12.1 Å². The van der Waals surface area contributed by atoms with Gasteiger partial charge in [-0.15, -0.1) is 11.3 Å². The monoisotopic (exact) mass is 491 g/mol. The number of hydrogen-bond acceptors (Lipinski definition) is 6. The van der Waals surface area contributed by atoms with Crippen molar-refractivity contribution in [1.29, 1.82) is 0 Å². The van der Waals surface area contributed by atoms with Crippen LogP contribution in [0.5, 0.6) is 0 Å². The van der Waals surface area contributed by atoms with E-state index in [9.17, 15) is 14.4 Å². The summed E-state index contributed by atoms with van der Waals surface area (Å²) in [5.74, 6) is -1.29. The quantitative estimate of drug-likeness (QED) is 0.504. The Labute approximate surface area is 206 Å². The van der Waals surface area contributed by atoms with Gasteiger partial charge in [-0.3, -0.25) is 14.9 Å². The standard InChI is InChI=1S/C26H25N3O5S/c30-23(31)13-16-7-5-6-12-29(16)24(32)22-15-35-25(27-22)28-26(33)34-14-21-19-10-3-1-8-17(19)18-9-2-4-11-20(18)21/h1-4,8-11,15-16,21H,5-7,12-14H2,(H,30,31)(H,27,28,33)/t16-/m1/s1. The number of nitrogens with one attached hydrogen (secondary N) is 1. The Morgan fingerprint density at radius 1 is 1.06 bits per heavy atom. The molecule has 1 aliphatic heterocycles. The summed E-state index contributed by atoms with van der Waals surface area (Å²) in [7, 11) is 0. The van der Waals surface area contributed by atoms with E-state index >= 15 is 0 Å². The molecule has 1 aliphatic carbocycles. The molecule has 9 heteroatoms. The first-order chi connectivity index (χ1) is 17.0. The molecule has 1 atom stereocenters. The number of anilines is 1. The number of ether oxygens (including phenoxy) is 1. The Morgan fingerprint density at radius 3 is 2.43 bits per heavy atom. The third-order valence-corrected chi connectivity index (χ3v) is 7.33. The highest BCUT2D eigenvalue weighted by Crippen LogP contribution is 2.44. The van der Waals surface area contributed by atoms with Gasteiger partial charge in [-0.1, -0.05) is 48.5 Å². The topological polar surface area (TPSA) is 109 Å². The maximum atomic E-state index is 13.0. The maximum Gasteiger partial charge on any atom is 0.413 e. The van der Waals surface area contributed by atoms with Crippen LogP contribution in [0.2, 0.25) is 0 Å². The molecule has 0 saturated carbocycles. The molecule has 2 aliphatic rings. The number of thiazole rings is 1. The number of carboxylic acid groups (broad SMARTS) is 1. The van der Waals surface area contributed by atoms with Gasteiger partial charge in [0.05, 0.1) is 6.42 Å². The predicted molar refractivity (Wildman–Crippen MR) is 132 cm³/mol. The van der Waals surface area contributed by atoms with Crippen molar-refractivity contribution in [3.63, 3.8) is 0 Å². The number of amides is 2. The van der Waals surface area contributed by atoms with Crippen LogP contribution < -0.4 is 5.32 Å². The Morgan fingerprint density at radius 2 is 1.74 bits per heavy atom. The Hall–Kier alpha value is -3.72. The zero-order valence-corrected chi connectivity index (χ0v) is 19.8. The van der Waals surface area contributed by atoms with E-state index in [0.29, 0.717) is 13.0 Å². The molecule has 0 radical (unpaired) electrons. The smallest absolute Gasteiger partial charge is 0.413 e. The molecule has 2 N–H and O–H groups in total. The van der Waals surface area contributed by atoms with Crippen molar-refractivity contribution in [3.05, 3.63) is 70.7 Å². The van der Waals surface area contributed by atoms with Gasteiger partial charge in [-0.2, -0.15) is 0 Å². The van der Waals surface area contributed by atoms with E-state index in [1.54, 1.807) is 10.3 Å². The molecule has 180 valence electrons. The van der Waals surface area contributed by atoms with Crippen LogP contribution in [0.4, 0.5) is 9.93 Å². The Balaban J connectivity index is 1.22. The van der Waals surface area contributed by atoms with Gasteiger partial charge >= 0.3 is 12.1 Å². The minimum atomic E-state index is -0.925. The molecule has 0 bridgehead atoms. The van der Waals surface area contributed by atoms with Crippen LogP contribution in [0.3, 0.4) is 0 Å². The molecule has 3 aromatic rings. The molecule has 2 amide bonds. The summed E-state index contributed by atoms with van der Waals surface area (Å²) in [5.41, 5.74) is 4.75. The summed E-state index contributed by atoms with van der Waals surface area (Å²) in [6.07, 6.45) is 1.67. The fourth-order valence-electron chi connectivity index (χ4n) is 4.98. The van der Waals surface area contributed by atoms with Crippen molar-refractivity contribution in [3.8, 4) is 11.1 Å². The highest BCUT2D eigenvalue weighted by atomic mass is 32.1. The molecule has 1 fully saturated rings. The number of piperidine rings is 1. The number of carbonyl (C=O) groups is 3. The predicted octanol–water partition coefficient (Wildman–Crippen LogP) is 4.97. The molecule has 0 unspecified atom stereocenters. The summed E-state index contributed by atoms with van der Waals surface area (Å²) >= 11 is 1.13. The summed E-state index contributed by atoms with van der Waals surface area (Å²) in [4.78, 5) is 42.5. The van der Waals surface area contributed by atoms with Crippen LogP contribution in [-0.2, 0) is 9.53 Å². The number of aromatic nitrogens is 1. The number of benzene rings is 2. The van der Waals surface area contributed by atoms with Crippen molar-refractivity contribution < 1.29 is 24.2 Å². The second-order valence-corrected chi connectivity index (χ2v) is 9.59. The maximum absolute atomic E-state index is 13.0. The molecule has 1 saturated heterocycles. The summed E-state index contributed by atoms with van der Waals surface area (Å²) in [5, 5.41) is 13.6. The average Bonchev–Trinajstić information content (AvgIpc) is 3.45. The summed E-state index contributed by atoms with van der Waals surface area (Å²) in [6.45, 7) is 0.686. The van der Waals surface area contributed by atoms with Gasteiger partial charge in [0, 0.05) is 23.9 Å². The van der Waals surface area contributed by atoms with Crippen molar-refractivity contribution in [2.75, 3.05) is 18.5 Å². The van der Waals surface area contributed by atoms with E-state index in [2.05, 4.69) is 34.6 Å². The lowest BCUT2D eigenvalue weighted by Crippen LogP contribution is -2.44. The number of nitrogens with zero attached hydrogens (tertiary/aromatic N) is 2. The lowest BCUT2D eigenvalue weighted by Gasteiger charge is -2.34. The number of rotatable bonds is 6. The molecular formula is C26H25N3O5S. The molecule has 2 aromatic carbocycles. The number of aliphatic carboxylic acids is 1. The van der Waals surface area contributed by atoms with Crippen LogP contribution in [0.15, 0.2) is 53.9 Å².